The number of carbonyl (C=O) groups excluding carboxylic acids is 1. The van der Waals surface area contributed by atoms with E-state index in [-0.39, 0.29) is 18.6 Å². The third kappa shape index (κ3) is 4.83. The lowest BCUT2D eigenvalue weighted by molar-refractivity contribution is 0.0903. The van der Waals surface area contributed by atoms with Crippen LogP contribution in [-0.2, 0) is 6.61 Å². The number of carbonyl (C=O) groups is 1. The van der Waals surface area contributed by atoms with Crippen LogP contribution >= 0.6 is 0 Å². The Bertz CT molecular complexity index is 941. The second-order valence-corrected chi connectivity index (χ2v) is 7.15. The van der Waals surface area contributed by atoms with Crippen LogP contribution in [0.2, 0.25) is 0 Å². The molecule has 0 aliphatic rings. The van der Waals surface area contributed by atoms with Crippen molar-refractivity contribution in [3.05, 3.63) is 88.4 Å². The largest absolute Gasteiger partial charge is 0.486 e. The number of benzene rings is 2. The number of nitrogens with one attached hydrogen (secondary N) is 1. The molecule has 0 bridgehead atoms. The van der Waals surface area contributed by atoms with Gasteiger partial charge in [0.2, 0.25) is 0 Å². The molecule has 1 amide bonds. The number of ether oxygens (including phenoxy) is 1. The van der Waals surface area contributed by atoms with Crippen molar-refractivity contribution in [2.75, 3.05) is 0 Å². The Hall–Kier alpha value is -3.01. The van der Waals surface area contributed by atoms with Gasteiger partial charge >= 0.3 is 0 Å². The van der Waals surface area contributed by atoms with Gasteiger partial charge in [-0.05, 0) is 68.1 Å². The normalized spacial score (nSPS) is 11.9. The molecule has 1 unspecified atom stereocenters. The van der Waals surface area contributed by atoms with E-state index in [1.807, 2.05) is 25.1 Å². The maximum absolute atomic E-state index is 12.6. The van der Waals surface area contributed by atoms with E-state index in [1.54, 1.807) is 12.1 Å². The van der Waals surface area contributed by atoms with E-state index in [2.05, 4.69) is 50.4 Å². The van der Waals surface area contributed by atoms with Gasteiger partial charge in [-0.1, -0.05) is 42.8 Å². The Kier molecular flexibility index (Phi) is 6.19. The highest BCUT2D eigenvalue weighted by atomic mass is 16.5. The van der Waals surface area contributed by atoms with Crippen LogP contribution < -0.4 is 10.1 Å². The van der Waals surface area contributed by atoms with Crippen LogP contribution in [0.3, 0.4) is 0 Å². The van der Waals surface area contributed by atoms with E-state index in [9.17, 15) is 4.79 Å². The summed E-state index contributed by atoms with van der Waals surface area (Å²) in [6, 6.07) is 17.6. The summed E-state index contributed by atoms with van der Waals surface area (Å²) in [4.78, 5) is 12.6. The summed E-state index contributed by atoms with van der Waals surface area (Å²) in [5.74, 6) is 1.48. The zero-order valence-corrected chi connectivity index (χ0v) is 16.9. The summed E-state index contributed by atoms with van der Waals surface area (Å²) >= 11 is 0. The van der Waals surface area contributed by atoms with Crippen molar-refractivity contribution in [3.63, 3.8) is 0 Å². The molecule has 146 valence electrons. The monoisotopic (exact) mass is 377 g/mol. The van der Waals surface area contributed by atoms with Gasteiger partial charge in [-0.25, -0.2) is 0 Å². The predicted molar refractivity (Wildman–Crippen MR) is 111 cm³/mol. The van der Waals surface area contributed by atoms with Crippen LogP contribution in [-0.4, -0.2) is 5.91 Å². The first kappa shape index (κ1) is 19.7. The van der Waals surface area contributed by atoms with E-state index in [0.29, 0.717) is 11.5 Å². The fourth-order valence-electron chi connectivity index (χ4n) is 2.98. The molecule has 4 nitrogen and oxygen atoms in total. The van der Waals surface area contributed by atoms with Crippen LogP contribution in [0.15, 0.2) is 59.0 Å². The molecule has 28 heavy (non-hydrogen) atoms. The quantitative estimate of drug-likeness (QED) is 0.577. The average Bonchev–Trinajstić information content (AvgIpc) is 3.17. The zero-order valence-electron chi connectivity index (χ0n) is 16.9. The number of furan rings is 1. The molecule has 0 saturated carbocycles. The van der Waals surface area contributed by atoms with Gasteiger partial charge in [-0.3, -0.25) is 4.79 Å². The van der Waals surface area contributed by atoms with Crippen molar-refractivity contribution in [1.82, 2.24) is 5.32 Å². The maximum Gasteiger partial charge on any atom is 0.287 e. The van der Waals surface area contributed by atoms with E-state index in [0.717, 1.165) is 17.7 Å². The van der Waals surface area contributed by atoms with E-state index >= 15 is 0 Å². The van der Waals surface area contributed by atoms with Crippen molar-refractivity contribution >= 4 is 5.91 Å². The van der Waals surface area contributed by atoms with Gasteiger partial charge in [0.1, 0.15) is 18.1 Å². The van der Waals surface area contributed by atoms with Crippen molar-refractivity contribution in [3.8, 4) is 5.75 Å². The first-order valence-corrected chi connectivity index (χ1v) is 9.62. The molecular weight excluding hydrogens is 350 g/mol. The Labute approximate surface area is 166 Å². The topological polar surface area (TPSA) is 51.5 Å². The third-order valence-electron chi connectivity index (χ3n) is 4.94. The van der Waals surface area contributed by atoms with E-state index in [4.69, 9.17) is 9.15 Å². The predicted octanol–water partition coefficient (Wildman–Crippen LogP) is 5.66. The highest BCUT2D eigenvalue weighted by molar-refractivity contribution is 5.91. The van der Waals surface area contributed by atoms with Crippen molar-refractivity contribution in [2.24, 2.45) is 0 Å². The summed E-state index contributed by atoms with van der Waals surface area (Å²) in [6.45, 7) is 8.50. The lowest BCUT2D eigenvalue weighted by atomic mass is 10.0. The molecule has 1 aromatic heterocycles. The molecule has 0 radical (unpaired) electrons. The van der Waals surface area contributed by atoms with Crippen LogP contribution in [0.1, 0.15) is 58.0 Å². The molecule has 2 aromatic carbocycles. The van der Waals surface area contributed by atoms with Gasteiger partial charge in [-0.15, -0.1) is 0 Å². The first-order valence-electron chi connectivity index (χ1n) is 9.62. The number of amides is 1. The number of rotatable bonds is 7. The fraction of sp³-hybridized carbons (Fsp3) is 0.292. The lowest BCUT2D eigenvalue weighted by Gasteiger charge is -2.17. The molecular formula is C24H27NO3. The van der Waals surface area contributed by atoms with Crippen LogP contribution in [0.5, 0.6) is 5.75 Å². The Morgan fingerprint density at radius 2 is 1.75 bits per heavy atom. The minimum Gasteiger partial charge on any atom is -0.486 e. The van der Waals surface area contributed by atoms with Crippen LogP contribution in [0, 0.1) is 20.8 Å². The molecule has 4 heteroatoms. The van der Waals surface area contributed by atoms with E-state index < -0.39 is 0 Å². The SMILES string of the molecule is CCC(NC(=O)c1ccc(COc2ccc(C)c(C)c2)o1)c1ccc(C)cc1. The van der Waals surface area contributed by atoms with Crippen molar-refractivity contribution in [2.45, 2.75) is 46.8 Å². The summed E-state index contributed by atoms with van der Waals surface area (Å²) in [6.07, 6.45) is 0.804. The van der Waals surface area contributed by atoms with Crippen LogP contribution in [0.25, 0.3) is 0 Å². The van der Waals surface area contributed by atoms with Crippen molar-refractivity contribution < 1.29 is 13.9 Å². The lowest BCUT2D eigenvalue weighted by Crippen LogP contribution is -2.27. The molecule has 0 saturated heterocycles. The van der Waals surface area contributed by atoms with E-state index in [1.165, 1.54) is 16.7 Å². The molecule has 1 atom stereocenters. The summed E-state index contributed by atoms with van der Waals surface area (Å²) in [5, 5.41) is 3.05. The smallest absolute Gasteiger partial charge is 0.287 e. The molecule has 0 spiro atoms. The summed E-state index contributed by atoms with van der Waals surface area (Å²) in [7, 11) is 0. The molecule has 1 N–H and O–H groups in total. The minimum atomic E-state index is -0.218. The maximum atomic E-state index is 12.6. The van der Waals surface area contributed by atoms with Gasteiger partial charge in [0.15, 0.2) is 5.76 Å². The van der Waals surface area contributed by atoms with Gasteiger partial charge in [0.05, 0.1) is 6.04 Å². The zero-order chi connectivity index (χ0) is 20.1. The first-order chi connectivity index (χ1) is 13.5. The molecule has 3 aromatic rings. The van der Waals surface area contributed by atoms with Crippen LogP contribution in [0.4, 0.5) is 0 Å². The van der Waals surface area contributed by atoms with Gasteiger partial charge in [0.25, 0.3) is 5.91 Å². The molecule has 0 aliphatic heterocycles. The Morgan fingerprint density at radius 1 is 1.00 bits per heavy atom. The molecule has 1 heterocycles. The number of hydrogen-bond acceptors (Lipinski definition) is 3. The summed E-state index contributed by atoms with van der Waals surface area (Å²) < 4.78 is 11.5. The fourth-order valence-corrected chi connectivity index (χ4v) is 2.98. The molecule has 0 fully saturated rings. The van der Waals surface area contributed by atoms with Gasteiger partial charge in [0, 0.05) is 0 Å². The highest BCUT2D eigenvalue weighted by Crippen LogP contribution is 2.20. The van der Waals surface area contributed by atoms with Gasteiger partial charge in [-0.2, -0.15) is 0 Å². The minimum absolute atomic E-state index is 0.0477. The van der Waals surface area contributed by atoms with Crippen molar-refractivity contribution in [1.29, 1.82) is 0 Å². The second kappa shape index (κ2) is 8.79. The summed E-state index contributed by atoms with van der Waals surface area (Å²) in [5.41, 5.74) is 4.69. The Balaban J connectivity index is 1.61. The number of hydrogen-bond donors (Lipinski definition) is 1. The highest BCUT2D eigenvalue weighted by Gasteiger charge is 2.17. The number of aryl methyl sites for hydroxylation is 3. The average molecular weight is 377 g/mol. The second-order valence-electron chi connectivity index (χ2n) is 7.15. The molecule has 3 rings (SSSR count). The third-order valence-corrected chi connectivity index (χ3v) is 4.94. The Morgan fingerprint density at radius 3 is 2.43 bits per heavy atom. The standard InChI is InChI=1S/C24H27NO3/c1-5-22(19-9-6-16(2)7-10-19)25-24(26)23-13-12-21(28-23)15-27-20-11-8-17(3)18(4)14-20/h6-14,22H,5,15H2,1-4H3,(H,25,26). The molecule has 0 aliphatic carbocycles. The van der Waals surface area contributed by atoms with Gasteiger partial charge < -0.3 is 14.5 Å².